The zero-order valence-electron chi connectivity index (χ0n) is 21.0. The number of fused-ring (bicyclic) bond motifs is 2. The van der Waals surface area contributed by atoms with Crippen molar-refractivity contribution in [3.8, 4) is 17.6 Å². The maximum Gasteiger partial charge on any atom is 0.410 e. The second-order valence-electron chi connectivity index (χ2n) is 9.58. The SMILES string of the molecule is COc1ccc([C@H]2C[C@@H](C(F)(F)F)n3ncc(C(=O)Nc4sc5c(c4C#N)CC[C@@H](C)C5)c3N2)cc1OC. The first kappa shape index (κ1) is 25.9. The van der Waals surface area contributed by atoms with E-state index in [0.717, 1.165) is 40.6 Å². The number of rotatable bonds is 5. The van der Waals surface area contributed by atoms with E-state index in [2.05, 4.69) is 28.7 Å². The molecule has 8 nitrogen and oxygen atoms in total. The lowest BCUT2D eigenvalue weighted by molar-refractivity contribution is -0.173. The molecule has 200 valence electrons. The van der Waals surface area contributed by atoms with Gasteiger partial charge >= 0.3 is 6.18 Å². The number of hydrogen-bond acceptors (Lipinski definition) is 7. The Bertz CT molecular complexity index is 1420. The first-order valence-corrected chi connectivity index (χ1v) is 12.9. The lowest BCUT2D eigenvalue weighted by atomic mass is 9.88. The molecule has 2 aliphatic rings. The van der Waals surface area contributed by atoms with E-state index < -0.39 is 24.2 Å². The number of anilines is 2. The standard InChI is InChI=1S/C26H26F3N5O3S/c1-13-4-6-15-16(11-30)25(38-21(15)8-13)33-24(35)17-12-31-34-22(26(27,28)29)10-18(32-23(17)34)14-5-7-19(36-2)20(9-14)37-3/h5,7,9,12-13,18,22,32H,4,6,8,10H2,1-3H3,(H,33,35)/t13-,18-,22+/m1/s1. The maximum atomic E-state index is 14.1. The van der Waals surface area contributed by atoms with Crippen LogP contribution >= 0.6 is 11.3 Å². The molecular weight excluding hydrogens is 519 g/mol. The summed E-state index contributed by atoms with van der Waals surface area (Å²) in [5.74, 6) is 0.648. The Hall–Kier alpha value is -3.72. The van der Waals surface area contributed by atoms with Gasteiger partial charge in [0.05, 0.1) is 32.0 Å². The lowest BCUT2D eigenvalue weighted by Crippen LogP contribution is -2.36. The fourth-order valence-corrected chi connectivity index (χ4v) is 6.50. The van der Waals surface area contributed by atoms with E-state index in [4.69, 9.17) is 9.47 Å². The molecule has 0 bridgehead atoms. The zero-order chi connectivity index (χ0) is 27.2. The number of nitrogens with zero attached hydrogens (tertiary/aromatic N) is 3. The van der Waals surface area contributed by atoms with E-state index in [9.17, 15) is 23.2 Å². The minimum Gasteiger partial charge on any atom is -0.493 e. The van der Waals surface area contributed by atoms with Crippen LogP contribution in [0.15, 0.2) is 24.4 Å². The van der Waals surface area contributed by atoms with Gasteiger partial charge < -0.3 is 20.1 Å². The summed E-state index contributed by atoms with van der Waals surface area (Å²) in [6.45, 7) is 2.14. The van der Waals surface area contributed by atoms with Crippen molar-refractivity contribution in [1.82, 2.24) is 9.78 Å². The Morgan fingerprint density at radius 3 is 2.74 bits per heavy atom. The molecule has 0 radical (unpaired) electrons. The van der Waals surface area contributed by atoms with Crippen LogP contribution in [0.3, 0.4) is 0 Å². The van der Waals surface area contributed by atoms with E-state index in [1.807, 2.05) is 0 Å². The number of carbonyl (C=O) groups excluding carboxylic acids is 1. The molecule has 3 atom stereocenters. The van der Waals surface area contributed by atoms with Gasteiger partial charge in [-0.05, 0) is 48.4 Å². The number of hydrogen-bond donors (Lipinski definition) is 2. The average Bonchev–Trinajstić information content (AvgIpc) is 3.47. The number of nitrogens with one attached hydrogen (secondary N) is 2. The average molecular weight is 546 g/mol. The topological polar surface area (TPSA) is 101 Å². The van der Waals surface area contributed by atoms with E-state index in [-0.39, 0.29) is 17.8 Å². The molecule has 5 rings (SSSR count). The third-order valence-corrected chi connectivity index (χ3v) is 8.31. The van der Waals surface area contributed by atoms with Gasteiger partial charge in [-0.2, -0.15) is 23.5 Å². The summed E-state index contributed by atoms with van der Waals surface area (Å²) >= 11 is 1.36. The van der Waals surface area contributed by atoms with Crippen molar-refractivity contribution in [2.24, 2.45) is 5.92 Å². The molecule has 38 heavy (non-hydrogen) atoms. The zero-order valence-corrected chi connectivity index (χ0v) is 21.8. The second kappa shape index (κ2) is 9.87. The highest BCUT2D eigenvalue weighted by molar-refractivity contribution is 7.16. The van der Waals surface area contributed by atoms with Crippen LogP contribution in [0.1, 0.15) is 63.8 Å². The minimum atomic E-state index is -4.59. The molecule has 0 spiro atoms. The summed E-state index contributed by atoms with van der Waals surface area (Å²) < 4.78 is 53.8. The molecule has 1 aromatic carbocycles. The summed E-state index contributed by atoms with van der Waals surface area (Å²) in [6.07, 6.45) is -1.24. The normalized spacial score (nSPS) is 20.5. The molecule has 1 aliphatic heterocycles. The molecule has 3 heterocycles. The molecule has 0 unspecified atom stereocenters. The molecule has 1 aliphatic carbocycles. The monoisotopic (exact) mass is 545 g/mol. The van der Waals surface area contributed by atoms with Gasteiger partial charge in [0, 0.05) is 11.3 Å². The molecule has 12 heteroatoms. The van der Waals surface area contributed by atoms with Crippen molar-refractivity contribution in [2.45, 2.75) is 50.9 Å². The van der Waals surface area contributed by atoms with Crippen LogP contribution in [0.25, 0.3) is 0 Å². The van der Waals surface area contributed by atoms with Gasteiger partial charge in [-0.25, -0.2) is 4.68 Å². The number of amides is 1. The number of alkyl halides is 3. The van der Waals surface area contributed by atoms with Crippen molar-refractivity contribution < 1.29 is 27.4 Å². The summed E-state index contributed by atoms with van der Waals surface area (Å²) in [4.78, 5) is 14.4. The molecule has 1 amide bonds. The van der Waals surface area contributed by atoms with Crippen molar-refractivity contribution in [3.63, 3.8) is 0 Å². The number of methoxy groups -OCH3 is 2. The molecule has 3 aromatic rings. The lowest BCUT2D eigenvalue weighted by Gasteiger charge is -2.34. The first-order chi connectivity index (χ1) is 18.1. The third-order valence-electron chi connectivity index (χ3n) is 7.14. The maximum absolute atomic E-state index is 14.1. The van der Waals surface area contributed by atoms with Gasteiger partial charge in [0.1, 0.15) is 22.5 Å². The van der Waals surface area contributed by atoms with Gasteiger partial charge in [-0.3, -0.25) is 4.79 Å². The summed E-state index contributed by atoms with van der Waals surface area (Å²) in [5, 5.41) is 20.0. The van der Waals surface area contributed by atoms with Crippen molar-refractivity contribution in [2.75, 3.05) is 24.9 Å². The van der Waals surface area contributed by atoms with Gasteiger partial charge in [0.15, 0.2) is 17.5 Å². The Labute approximate surface area is 221 Å². The second-order valence-corrected chi connectivity index (χ2v) is 10.7. The molecule has 0 saturated heterocycles. The molecule has 0 saturated carbocycles. The highest BCUT2D eigenvalue weighted by Gasteiger charge is 2.47. The number of aromatic nitrogens is 2. The number of ether oxygens (including phenoxy) is 2. The highest BCUT2D eigenvalue weighted by atomic mass is 32.1. The Morgan fingerprint density at radius 1 is 1.29 bits per heavy atom. The van der Waals surface area contributed by atoms with E-state index >= 15 is 0 Å². The van der Waals surface area contributed by atoms with Crippen LogP contribution in [0, 0.1) is 17.2 Å². The van der Waals surface area contributed by atoms with E-state index in [1.54, 1.807) is 18.2 Å². The quantitative estimate of drug-likeness (QED) is 0.416. The third kappa shape index (κ3) is 4.55. The van der Waals surface area contributed by atoms with Crippen LogP contribution in [0.2, 0.25) is 0 Å². The number of benzene rings is 1. The fraction of sp³-hybridized carbons (Fsp3) is 0.423. The highest BCUT2D eigenvalue weighted by Crippen LogP contribution is 2.46. The van der Waals surface area contributed by atoms with Gasteiger partial charge in [0.2, 0.25) is 0 Å². The predicted molar refractivity (Wildman–Crippen MR) is 136 cm³/mol. The number of halogens is 3. The van der Waals surface area contributed by atoms with Gasteiger partial charge in [-0.15, -0.1) is 11.3 Å². The minimum absolute atomic E-state index is 0.0342. The fourth-order valence-electron chi connectivity index (χ4n) is 5.14. The Kier molecular flexibility index (Phi) is 6.73. The van der Waals surface area contributed by atoms with Crippen LogP contribution in [-0.4, -0.2) is 36.1 Å². The van der Waals surface area contributed by atoms with Crippen LogP contribution < -0.4 is 20.1 Å². The number of carbonyl (C=O) groups is 1. The van der Waals surface area contributed by atoms with E-state index in [1.165, 1.54) is 25.6 Å². The van der Waals surface area contributed by atoms with Crippen LogP contribution in [-0.2, 0) is 12.8 Å². The van der Waals surface area contributed by atoms with Crippen LogP contribution in [0.4, 0.5) is 24.0 Å². The smallest absolute Gasteiger partial charge is 0.410 e. The van der Waals surface area contributed by atoms with Crippen molar-refractivity contribution >= 4 is 28.1 Å². The molecule has 2 aromatic heterocycles. The Morgan fingerprint density at radius 2 is 2.05 bits per heavy atom. The molecule has 0 fully saturated rings. The van der Waals surface area contributed by atoms with Gasteiger partial charge in [-0.1, -0.05) is 13.0 Å². The van der Waals surface area contributed by atoms with Crippen molar-refractivity contribution in [3.05, 3.63) is 51.5 Å². The molecular formula is C26H26F3N5O3S. The molecule has 2 N–H and O–H groups in total. The van der Waals surface area contributed by atoms with Crippen molar-refractivity contribution in [1.29, 1.82) is 5.26 Å². The van der Waals surface area contributed by atoms with E-state index in [0.29, 0.717) is 33.5 Å². The first-order valence-electron chi connectivity index (χ1n) is 12.1. The summed E-state index contributed by atoms with van der Waals surface area (Å²) in [6, 6.07) is 4.38. The number of nitriles is 1. The summed E-state index contributed by atoms with van der Waals surface area (Å²) in [5.41, 5.74) is 1.89. The predicted octanol–water partition coefficient (Wildman–Crippen LogP) is 5.87. The van der Waals surface area contributed by atoms with Gasteiger partial charge in [0.25, 0.3) is 5.91 Å². The Balaban J connectivity index is 1.49. The van der Waals surface area contributed by atoms with Crippen LogP contribution in [0.5, 0.6) is 11.5 Å². The largest absolute Gasteiger partial charge is 0.493 e. The number of thiophene rings is 1. The summed E-state index contributed by atoms with van der Waals surface area (Å²) in [7, 11) is 2.92.